The van der Waals surface area contributed by atoms with E-state index in [1.54, 1.807) is 0 Å². The summed E-state index contributed by atoms with van der Waals surface area (Å²) in [5, 5.41) is 2.73. The number of rotatable bonds is 8. The smallest absolute Gasteiger partial charge is 0.233 e. The third kappa shape index (κ3) is 10.2. The van der Waals surface area contributed by atoms with E-state index in [1.807, 2.05) is 27.7 Å². The number of nitrogens with two attached hydrogens (primary N) is 2. The first-order valence-corrected chi connectivity index (χ1v) is 6.06. The predicted molar refractivity (Wildman–Crippen MR) is 69.6 cm³/mol. The summed E-state index contributed by atoms with van der Waals surface area (Å²) < 4.78 is 5.76. The molecule has 0 saturated carbocycles. The monoisotopic (exact) mass is 245 g/mol. The van der Waals surface area contributed by atoms with Crippen molar-refractivity contribution < 1.29 is 9.53 Å². The van der Waals surface area contributed by atoms with Gasteiger partial charge in [0, 0.05) is 18.7 Å². The molecule has 0 radical (unpaired) electrons. The summed E-state index contributed by atoms with van der Waals surface area (Å²) in [4.78, 5) is 10.9. The summed E-state index contributed by atoms with van der Waals surface area (Å²) in [5.74, 6) is -0.135. The van der Waals surface area contributed by atoms with Crippen LogP contribution in [0.5, 0.6) is 0 Å². The molecule has 0 aliphatic heterocycles. The minimum atomic E-state index is -0.257. The molecule has 0 aliphatic rings. The van der Waals surface area contributed by atoms with Gasteiger partial charge in [0.15, 0.2) is 0 Å². The van der Waals surface area contributed by atoms with Gasteiger partial charge in [0.1, 0.15) is 0 Å². The first-order chi connectivity index (χ1) is 7.66. The SMILES string of the molecule is CC(C)(N)CCOC(C)(C)CCNC(=O)CN. The summed E-state index contributed by atoms with van der Waals surface area (Å²) in [5.41, 5.74) is 10.6. The topological polar surface area (TPSA) is 90.4 Å². The van der Waals surface area contributed by atoms with Crippen molar-refractivity contribution in [2.75, 3.05) is 19.7 Å². The van der Waals surface area contributed by atoms with Crippen LogP contribution in [0.4, 0.5) is 0 Å². The maximum Gasteiger partial charge on any atom is 0.233 e. The van der Waals surface area contributed by atoms with E-state index >= 15 is 0 Å². The Morgan fingerprint density at radius 2 is 1.82 bits per heavy atom. The van der Waals surface area contributed by atoms with E-state index in [2.05, 4.69) is 5.32 Å². The Kier molecular flexibility index (Phi) is 6.67. The van der Waals surface area contributed by atoms with E-state index in [4.69, 9.17) is 16.2 Å². The van der Waals surface area contributed by atoms with Gasteiger partial charge in [-0.15, -0.1) is 0 Å². The first kappa shape index (κ1) is 16.4. The van der Waals surface area contributed by atoms with Gasteiger partial charge in [-0.25, -0.2) is 0 Å². The molecule has 0 fully saturated rings. The van der Waals surface area contributed by atoms with Crippen LogP contribution >= 0.6 is 0 Å². The molecule has 0 bridgehead atoms. The average Bonchev–Trinajstić information content (AvgIpc) is 2.14. The Morgan fingerprint density at radius 3 is 2.29 bits per heavy atom. The molecule has 0 spiro atoms. The number of carbonyl (C=O) groups excluding carboxylic acids is 1. The number of hydrogen-bond acceptors (Lipinski definition) is 4. The second kappa shape index (κ2) is 6.93. The summed E-state index contributed by atoms with van der Waals surface area (Å²) in [6, 6.07) is 0. The zero-order valence-corrected chi connectivity index (χ0v) is 11.5. The first-order valence-electron chi connectivity index (χ1n) is 6.06. The fraction of sp³-hybridized carbons (Fsp3) is 0.917. The van der Waals surface area contributed by atoms with Crippen molar-refractivity contribution in [3.05, 3.63) is 0 Å². The maximum absolute atomic E-state index is 10.9. The molecular weight excluding hydrogens is 218 g/mol. The molecular formula is C12H27N3O2. The summed E-state index contributed by atoms with van der Waals surface area (Å²) >= 11 is 0. The summed E-state index contributed by atoms with van der Waals surface area (Å²) in [7, 11) is 0. The third-order valence-electron chi connectivity index (χ3n) is 2.47. The molecule has 0 rings (SSSR count). The molecule has 0 saturated heterocycles. The van der Waals surface area contributed by atoms with Gasteiger partial charge in [0.25, 0.3) is 0 Å². The van der Waals surface area contributed by atoms with Crippen molar-refractivity contribution in [3.8, 4) is 0 Å². The Morgan fingerprint density at radius 1 is 1.24 bits per heavy atom. The number of carbonyl (C=O) groups is 1. The van der Waals surface area contributed by atoms with Crippen LogP contribution in [0, 0.1) is 0 Å². The highest BCUT2D eigenvalue weighted by Gasteiger charge is 2.20. The Labute approximate surface area is 104 Å². The van der Waals surface area contributed by atoms with Gasteiger partial charge < -0.3 is 21.5 Å². The van der Waals surface area contributed by atoms with Crippen LogP contribution in [0.3, 0.4) is 0 Å². The van der Waals surface area contributed by atoms with E-state index in [0.29, 0.717) is 13.2 Å². The fourth-order valence-corrected chi connectivity index (χ4v) is 1.24. The second-order valence-electron chi connectivity index (χ2n) is 5.65. The molecule has 1 amide bonds. The normalized spacial score (nSPS) is 12.6. The van der Waals surface area contributed by atoms with Crippen molar-refractivity contribution in [2.45, 2.75) is 51.7 Å². The quantitative estimate of drug-likeness (QED) is 0.576. The molecule has 5 heteroatoms. The molecule has 5 N–H and O–H groups in total. The molecule has 0 heterocycles. The van der Waals surface area contributed by atoms with Crippen LogP contribution in [-0.2, 0) is 9.53 Å². The van der Waals surface area contributed by atoms with E-state index in [0.717, 1.165) is 12.8 Å². The number of hydrogen-bond donors (Lipinski definition) is 3. The van der Waals surface area contributed by atoms with Crippen LogP contribution < -0.4 is 16.8 Å². The highest BCUT2D eigenvalue weighted by Crippen LogP contribution is 2.15. The second-order valence-corrected chi connectivity index (χ2v) is 5.65. The van der Waals surface area contributed by atoms with E-state index in [9.17, 15) is 4.79 Å². The average molecular weight is 245 g/mol. The van der Waals surface area contributed by atoms with Gasteiger partial charge in [-0.3, -0.25) is 4.79 Å². The molecule has 5 nitrogen and oxygen atoms in total. The standard InChI is InChI=1S/C12H27N3O2/c1-11(2,14)6-8-17-12(3,4)5-7-15-10(16)9-13/h5-9,13-14H2,1-4H3,(H,15,16). The van der Waals surface area contributed by atoms with Crippen molar-refractivity contribution in [3.63, 3.8) is 0 Å². The van der Waals surface area contributed by atoms with E-state index < -0.39 is 0 Å². The van der Waals surface area contributed by atoms with Gasteiger partial charge in [0.2, 0.25) is 5.91 Å². The fourth-order valence-electron chi connectivity index (χ4n) is 1.24. The van der Waals surface area contributed by atoms with Crippen LogP contribution in [0.2, 0.25) is 0 Å². The zero-order valence-electron chi connectivity index (χ0n) is 11.5. The molecule has 0 aliphatic carbocycles. The third-order valence-corrected chi connectivity index (χ3v) is 2.47. The van der Waals surface area contributed by atoms with Crippen LogP contribution in [0.1, 0.15) is 40.5 Å². The van der Waals surface area contributed by atoms with Gasteiger partial charge >= 0.3 is 0 Å². The molecule has 0 aromatic heterocycles. The lowest BCUT2D eigenvalue weighted by molar-refractivity contribution is -0.120. The molecule has 0 atom stereocenters. The van der Waals surface area contributed by atoms with Gasteiger partial charge in [-0.05, 0) is 40.5 Å². The molecule has 0 unspecified atom stereocenters. The van der Waals surface area contributed by atoms with Crippen molar-refractivity contribution in [1.82, 2.24) is 5.32 Å². The largest absolute Gasteiger partial charge is 0.375 e. The van der Waals surface area contributed by atoms with Crippen LogP contribution in [0.15, 0.2) is 0 Å². The zero-order chi connectivity index (χ0) is 13.5. The Bertz CT molecular complexity index is 234. The van der Waals surface area contributed by atoms with E-state index in [1.165, 1.54) is 0 Å². The maximum atomic E-state index is 10.9. The predicted octanol–water partition coefficient (Wildman–Crippen LogP) is 0.374. The van der Waals surface area contributed by atoms with E-state index in [-0.39, 0.29) is 23.6 Å². The number of ether oxygens (including phenoxy) is 1. The van der Waals surface area contributed by atoms with Crippen molar-refractivity contribution in [1.29, 1.82) is 0 Å². The lowest BCUT2D eigenvalue weighted by atomic mass is 10.0. The Balaban J connectivity index is 3.76. The highest BCUT2D eigenvalue weighted by atomic mass is 16.5. The minimum Gasteiger partial charge on any atom is -0.375 e. The molecule has 102 valence electrons. The molecule has 17 heavy (non-hydrogen) atoms. The minimum absolute atomic E-state index is 0.0304. The van der Waals surface area contributed by atoms with Crippen molar-refractivity contribution in [2.24, 2.45) is 11.5 Å². The molecule has 0 aromatic rings. The lowest BCUT2D eigenvalue weighted by Gasteiger charge is -2.27. The van der Waals surface area contributed by atoms with Gasteiger partial charge in [-0.2, -0.15) is 0 Å². The highest BCUT2D eigenvalue weighted by molar-refractivity contribution is 5.77. The summed E-state index contributed by atoms with van der Waals surface area (Å²) in [6.45, 7) is 9.20. The van der Waals surface area contributed by atoms with Gasteiger partial charge in [0.05, 0.1) is 12.1 Å². The Hall–Kier alpha value is -0.650. The summed E-state index contributed by atoms with van der Waals surface area (Å²) in [6.07, 6.45) is 1.56. The number of amides is 1. The lowest BCUT2D eigenvalue weighted by Crippen LogP contribution is -2.38. The molecule has 0 aromatic carbocycles. The van der Waals surface area contributed by atoms with Crippen molar-refractivity contribution >= 4 is 5.91 Å². The van der Waals surface area contributed by atoms with Crippen LogP contribution in [-0.4, -0.2) is 36.7 Å². The van der Waals surface area contributed by atoms with Gasteiger partial charge in [-0.1, -0.05) is 0 Å². The number of nitrogens with one attached hydrogen (secondary N) is 1. The van der Waals surface area contributed by atoms with Crippen LogP contribution in [0.25, 0.3) is 0 Å².